The molecule has 25 heavy (non-hydrogen) atoms. The van der Waals surface area contributed by atoms with Crippen molar-refractivity contribution < 1.29 is 9.21 Å². The molecule has 0 spiro atoms. The molecule has 0 bridgehead atoms. The fraction of sp³-hybridized carbons (Fsp3) is 0.158. The van der Waals surface area contributed by atoms with Crippen LogP contribution < -0.4 is 10.9 Å². The molecule has 0 aliphatic rings. The topological polar surface area (TPSA) is 59.3 Å². The van der Waals surface area contributed by atoms with Crippen molar-refractivity contribution in [2.24, 2.45) is 0 Å². The van der Waals surface area contributed by atoms with E-state index >= 15 is 0 Å². The molecule has 1 aromatic heterocycles. The zero-order valence-corrected chi connectivity index (χ0v) is 14.9. The van der Waals surface area contributed by atoms with Crippen molar-refractivity contribution in [3.05, 3.63) is 79.6 Å². The summed E-state index contributed by atoms with van der Waals surface area (Å²) in [5.74, 6) is -0.151. The Morgan fingerprint density at radius 1 is 1.12 bits per heavy atom. The van der Waals surface area contributed by atoms with Gasteiger partial charge in [-0.05, 0) is 47.9 Å². The average molecular weight is 376 g/mol. The molecule has 1 N–H and O–H groups in total. The molecule has 0 aliphatic carbocycles. The zero-order chi connectivity index (χ0) is 18.0. The van der Waals surface area contributed by atoms with Gasteiger partial charge in [-0.3, -0.25) is 4.79 Å². The van der Waals surface area contributed by atoms with Crippen molar-refractivity contribution in [2.45, 2.75) is 19.9 Å². The Bertz CT molecular complexity index is 994. The summed E-state index contributed by atoms with van der Waals surface area (Å²) in [6.45, 7) is 2.05. The smallest absolute Gasteiger partial charge is 0.336 e. The van der Waals surface area contributed by atoms with Gasteiger partial charge in [-0.25, -0.2) is 4.79 Å². The summed E-state index contributed by atoms with van der Waals surface area (Å²) in [6.07, 6.45) is 0.233. The molecular weight excluding hydrogens is 361 g/mol. The van der Waals surface area contributed by atoms with Crippen LogP contribution in [0.5, 0.6) is 0 Å². The van der Waals surface area contributed by atoms with Crippen molar-refractivity contribution in [1.82, 2.24) is 5.32 Å². The van der Waals surface area contributed by atoms with E-state index in [1.165, 1.54) is 6.07 Å². The molecule has 3 aromatic rings. The first-order valence-electron chi connectivity index (χ1n) is 7.66. The molecule has 4 nitrogen and oxygen atoms in total. The third-order valence-corrected chi connectivity index (χ3v) is 4.52. The van der Waals surface area contributed by atoms with Gasteiger partial charge in [0.1, 0.15) is 5.58 Å². The number of aryl methyl sites for hydroxylation is 1. The van der Waals surface area contributed by atoms with Gasteiger partial charge in [0.2, 0.25) is 5.91 Å². The van der Waals surface area contributed by atoms with E-state index < -0.39 is 5.63 Å². The van der Waals surface area contributed by atoms with Crippen LogP contribution in [-0.2, 0) is 17.8 Å². The molecule has 0 saturated heterocycles. The number of halogens is 2. The van der Waals surface area contributed by atoms with E-state index in [-0.39, 0.29) is 18.9 Å². The number of hydrogen-bond donors (Lipinski definition) is 1. The lowest BCUT2D eigenvalue weighted by atomic mass is 10.1. The Balaban J connectivity index is 1.78. The van der Waals surface area contributed by atoms with Gasteiger partial charge in [0.15, 0.2) is 0 Å². The summed E-state index contributed by atoms with van der Waals surface area (Å²) in [5, 5.41) is 4.73. The van der Waals surface area contributed by atoms with Crippen LogP contribution in [0.1, 0.15) is 16.7 Å². The van der Waals surface area contributed by atoms with E-state index in [1.807, 2.05) is 6.92 Å². The maximum Gasteiger partial charge on any atom is 0.336 e. The summed E-state index contributed by atoms with van der Waals surface area (Å²) in [6, 6.07) is 11.9. The second-order valence-corrected chi connectivity index (χ2v) is 6.61. The number of nitrogens with one attached hydrogen (secondary N) is 1. The predicted molar refractivity (Wildman–Crippen MR) is 99.2 cm³/mol. The molecule has 0 unspecified atom stereocenters. The van der Waals surface area contributed by atoms with Crippen molar-refractivity contribution in [1.29, 1.82) is 0 Å². The van der Waals surface area contributed by atoms with E-state index in [0.29, 0.717) is 26.6 Å². The Morgan fingerprint density at radius 2 is 1.84 bits per heavy atom. The maximum absolute atomic E-state index is 12.1. The third-order valence-electron chi connectivity index (χ3n) is 3.86. The van der Waals surface area contributed by atoms with Gasteiger partial charge in [-0.1, -0.05) is 35.3 Å². The zero-order valence-electron chi connectivity index (χ0n) is 13.4. The molecule has 1 amide bonds. The van der Waals surface area contributed by atoms with Crippen molar-refractivity contribution in [3.63, 3.8) is 0 Å². The lowest BCUT2D eigenvalue weighted by Crippen LogP contribution is -2.25. The fourth-order valence-corrected chi connectivity index (χ4v) is 2.83. The molecule has 0 fully saturated rings. The molecule has 128 valence electrons. The first-order chi connectivity index (χ1) is 11.9. The van der Waals surface area contributed by atoms with Gasteiger partial charge in [0.25, 0.3) is 0 Å². The lowest BCUT2D eigenvalue weighted by Gasteiger charge is -2.09. The Morgan fingerprint density at radius 3 is 2.56 bits per heavy atom. The van der Waals surface area contributed by atoms with E-state index in [4.69, 9.17) is 27.6 Å². The standard InChI is InChI=1S/C19H15Cl2NO3/c1-11-6-17-15(9-16(11)21)13(8-19(24)25-17)10-22-18(23)7-12-2-4-14(20)5-3-12/h2-6,8-9H,7,10H2,1H3,(H,22,23). The average Bonchev–Trinajstić information content (AvgIpc) is 2.56. The predicted octanol–water partition coefficient (Wildman–Crippen LogP) is 4.27. The number of carbonyl (C=O) groups excluding carboxylic acids is 1. The molecule has 1 heterocycles. The van der Waals surface area contributed by atoms with Crippen molar-refractivity contribution in [3.8, 4) is 0 Å². The Kier molecular flexibility index (Phi) is 5.11. The Hall–Kier alpha value is -2.30. The van der Waals surface area contributed by atoms with Crippen LogP contribution in [0.2, 0.25) is 10.0 Å². The third kappa shape index (κ3) is 4.21. The summed E-state index contributed by atoms with van der Waals surface area (Å²) >= 11 is 12.0. The SMILES string of the molecule is Cc1cc2oc(=O)cc(CNC(=O)Cc3ccc(Cl)cc3)c2cc1Cl. The minimum absolute atomic E-state index is 0.151. The molecule has 0 radical (unpaired) electrons. The molecule has 0 aliphatic heterocycles. The fourth-order valence-electron chi connectivity index (χ4n) is 2.54. The highest BCUT2D eigenvalue weighted by Crippen LogP contribution is 2.25. The van der Waals surface area contributed by atoms with Crippen LogP contribution in [0.3, 0.4) is 0 Å². The van der Waals surface area contributed by atoms with Gasteiger partial charge in [-0.2, -0.15) is 0 Å². The van der Waals surface area contributed by atoms with Gasteiger partial charge < -0.3 is 9.73 Å². The monoisotopic (exact) mass is 375 g/mol. The minimum Gasteiger partial charge on any atom is -0.423 e. The van der Waals surface area contributed by atoms with Crippen LogP contribution in [-0.4, -0.2) is 5.91 Å². The molecule has 2 aromatic carbocycles. The second kappa shape index (κ2) is 7.30. The van der Waals surface area contributed by atoms with Gasteiger partial charge in [0, 0.05) is 28.0 Å². The number of fused-ring (bicyclic) bond motifs is 1. The quantitative estimate of drug-likeness (QED) is 0.692. The van der Waals surface area contributed by atoms with Gasteiger partial charge >= 0.3 is 5.63 Å². The first-order valence-corrected chi connectivity index (χ1v) is 8.42. The minimum atomic E-state index is -0.462. The highest BCUT2D eigenvalue weighted by Gasteiger charge is 2.10. The number of benzene rings is 2. The number of rotatable bonds is 4. The van der Waals surface area contributed by atoms with Crippen LogP contribution in [0, 0.1) is 6.92 Å². The van der Waals surface area contributed by atoms with Crippen LogP contribution in [0.15, 0.2) is 51.7 Å². The summed E-state index contributed by atoms with van der Waals surface area (Å²) in [5.41, 5.74) is 2.34. The summed E-state index contributed by atoms with van der Waals surface area (Å²) < 4.78 is 5.21. The van der Waals surface area contributed by atoms with E-state index in [9.17, 15) is 9.59 Å². The van der Waals surface area contributed by atoms with E-state index in [2.05, 4.69) is 5.32 Å². The summed E-state index contributed by atoms with van der Waals surface area (Å²) in [7, 11) is 0. The van der Waals surface area contributed by atoms with Gasteiger partial charge in [0.05, 0.1) is 6.42 Å². The lowest BCUT2D eigenvalue weighted by molar-refractivity contribution is -0.120. The Labute approximate surface area is 154 Å². The van der Waals surface area contributed by atoms with Crippen LogP contribution >= 0.6 is 23.2 Å². The molecular formula is C19H15Cl2NO3. The van der Waals surface area contributed by atoms with Crippen molar-refractivity contribution >= 4 is 40.1 Å². The van der Waals surface area contributed by atoms with Crippen LogP contribution in [0.25, 0.3) is 11.0 Å². The molecule has 6 heteroatoms. The first kappa shape index (κ1) is 17.5. The highest BCUT2D eigenvalue weighted by molar-refractivity contribution is 6.32. The molecule has 0 atom stereocenters. The maximum atomic E-state index is 12.1. The normalized spacial score (nSPS) is 10.8. The number of carbonyl (C=O) groups is 1. The largest absolute Gasteiger partial charge is 0.423 e. The number of hydrogen-bond acceptors (Lipinski definition) is 3. The van der Waals surface area contributed by atoms with E-state index in [1.54, 1.807) is 36.4 Å². The summed E-state index contributed by atoms with van der Waals surface area (Å²) in [4.78, 5) is 23.9. The molecule has 3 rings (SSSR count). The highest BCUT2D eigenvalue weighted by atomic mass is 35.5. The van der Waals surface area contributed by atoms with Crippen molar-refractivity contribution in [2.75, 3.05) is 0 Å². The van der Waals surface area contributed by atoms with E-state index in [0.717, 1.165) is 11.1 Å². The second-order valence-electron chi connectivity index (χ2n) is 5.77. The van der Waals surface area contributed by atoms with Crippen LogP contribution in [0.4, 0.5) is 0 Å². The molecule has 0 saturated carbocycles. The van der Waals surface area contributed by atoms with Gasteiger partial charge in [-0.15, -0.1) is 0 Å². The number of amides is 1.